The van der Waals surface area contributed by atoms with Crippen LogP contribution in [0.4, 0.5) is 0 Å². The number of carboxylic acid groups (broad SMARTS) is 1. The van der Waals surface area contributed by atoms with Crippen LogP contribution in [0.15, 0.2) is 24.5 Å². The molecule has 1 saturated heterocycles. The summed E-state index contributed by atoms with van der Waals surface area (Å²) >= 11 is 0. The molecule has 0 bridgehead atoms. The molecule has 1 atom stereocenters. The van der Waals surface area contributed by atoms with E-state index in [0.717, 1.165) is 5.56 Å². The number of amides is 1. The number of piperazine rings is 1. The second-order valence-electron chi connectivity index (χ2n) is 4.32. The molecule has 0 aliphatic carbocycles. The Morgan fingerprint density at radius 3 is 3.11 bits per heavy atom. The maximum absolute atomic E-state index is 11.4. The molecular weight excluding hydrogens is 234 g/mol. The number of carbonyl (C=O) groups is 2. The van der Waals surface area contributed by atoms with Gasteiger partial charge in [-0.2, -0.15) is 0 Å². The van der Waals surface area contributed by atoms with Gasteiger partial charge in [-0.15, -0.1) is 0 Å². The van der Waals surface area contributed by atoms with Crippen molar-refractivity contribution in [2.24, 2.45) is 0 Å². The Kier molecular flexibility index (Phi) is 3.88. The standard InChI is InChI=1S/C12H15N3O3/c16-11-8-15(7-9-2-1-3-13-5-9)10(6-14-11)4-12(17)18/h1-3,5,10H,4,6-8H2,(H,14,16)(H,17,18). The molecule has 1 aromatic heterocycles. The molecule has 2 rings (SSSR count). The molecule has 2 N–H and O–H groups in total. The lowest BCUT2D eigenvalue weighted by atomic mass is 10.1. The first-order chi connectivity index (χ1) is 8.65. The quantitative estimate of drug-likeness (QED) is 0.776. The molecule has 1 unspecified atom stereocenters. The van der Waals surface area contributed by atoms with Gasteiger partial charge in [0.15, 0.2) is 0 Å². The van der Waals surface area contributed by atoms with E-state index < -0.39 is 5.97 Å². The molecule has 0 aromatic carbocycles. The fourth-order valence-electron chi connectivity index (χ4n) is 2.04. The number of aliphatic carboxylic acids is 1. The molecule has 1 fully saturated rings. The number of aromatic nitrogens is 1. The normalized spacial score (nSPS) is 20.4. The van der Waals surface area contributed by atoms with Crippen molar-refractivity contribution in [2.45, 2.75) is 19.0 Å². The van der Waals surface area contributed by atoms with Gasteiger partial charge in [-0.1, -0.05) is 6.07 Å². The van der Waals surface area contributed by atoms with Gasteiger partial charge in [-0.25, -0.2) is 0 Å². The lowest BCUT2D eigenvalue weighted by Crippen LogP contribution is -2.54. The minimum atomic E-state index is -0.854. The largest absolute Gasteiger partial charge is 0.481 e. The van der Waals surface area contributed by atoms with Crippen LogP contribution in [0, 0.1) is 0 Å². The summed E-state index contributed by atoms with van der Waals surface area (Å²) in [6.45, 7) is 1.15. The van der Waals surface area contributed by atoms with Gasteiger partial charge in [-0.3, -0.25) is 19.5 Å². The summed E-state index contributed by atoms with van der Waals surface area (Å²) in [4.78, 5) is 28.1. The third-order valence-corrected chi connectivity index (χ3v) is 2.92. The smallest absolute Gasteiger partial charge is 0.305 e. The fraction of sp³-hybridized carbons (Fsp3) is 0.417. The Bertz CT molecular complexity index is 435. The van der Waals surface area contributed by atoms with Crippen molar-refractivity contribution in [2.75, 3.05) is 13.1 Å². The molecule has 18 heavy (non-hydrogen) atoms. The second kappa shape index (κ2) is 5.59. The van der Waals surface area contributed by atoms with Crippen LogP contribution in [0.2, 0.25) is 0 Å². The van der Waals surface area contributed by atoms with Crippen LogP contribution in [0.3, 0.4) is 0 Å². The monoisotopic (exact) mass is 249 g/mol. The molecular formula is C12H15N3O3. The van der Waals surface area contributed by atoms with E-state index in [0.29, 0.717) is 13.1 Å². The van der Waals surface area contributed by atoms with E-state index in [1.807, 2.05) is 17.0 Å². The second-order valence-corrected chi connectivity index (χ2v) is 4.32. The average molecular weight is 249 g/mol. The summed E-state index contributed by atoms with van der Waals surface area (Å²) in [5.41, 5.74) is 0.975. The SMILES string of the molecule is O=C(O)CC1CNC(=O)CN1Cc1cccnc1. The zero-order chi connectivity index (χ0) is 13.0. The van der Waals surface area contributed by atoms with Crippen LogP contribution in [0.25, 0.3) is 0 Å². The number of nitrogens with one attached hydrogen (secondary N) is 1. The maximum atomic E-state index is 11.4. The predicted octanol–water partition coefficient (Wildman–Crippen LogP) is -0.143. The van der Waals surface area contributed by atoms with Gasteiger partial charge in [0.1, 0.15) is 0 Å². The highest BCUT2D eigenvalue weighted by atomic mass is 16.4. The third-order valence-electron chi connectivity index (χ3n) is 2.92. The molecule has 1 aromatic rings. The van der Waals surface area contributed by atoms with Crippen molar-refractivity contribution in [1.82, 2.24) is 15.2 Å². The first kappa shape index (κ1) is 12.5. The van der Waals surface area contributed by atoms with Crippen molar-refractivity contribution in [1.29, 1.82) is 0 Å². The van der Waals surface area contributed by atoms with Crippen molar-refractivity contribution < 1.29 is 14.7 Å². The molecule has 1 amide bonds. The van der Waals surface area contributed by atoms with Gasteiger partial charge in [0, 0.05) is 31.5 Å². The zero-order valence-corrected chi connectivity index (χ0v) is 9.87. The lowest BCUT2D eigenvalue weighted by molar-refractivity contribution is -0.140. The van der Waals surface area contributed by atoms with E-state index >= 15 is 0 Å². The van der Waals surface area contributed by atoms with Gasteiger partial charge >= 0.3 is 5.97 Å². The molecule has 0 spiro atoms. The van der Waals surface area contributed by atoms with Crippen LogP contribution in [0.1, 0.15) is 12.0 Å². The number of carboxylic acids is 1. The topological polar surface area (TPSA) is 82.5 Å². The van der Waals surface area contributed by atoms with Crippen LogP contribution in [0.5, 0.6) is 0 Å². The van der Waals surface area contributed by atoms with Crippen LogP contribution < -0.4 is 5.32 Å². The molecule has 6 heteroatoms. The zero-order valence-electron chi connectivity index (χ0n) is 9.87. The average Bonchev–Trinajstić information content (AvgIpc) is 2.33. The van der Waals surface area contributed by atoms with E-state index in [2.05, 4.69) is 10.3 Å². The molecule has 0 saturated carbocycles. The van der Waals surface area contributed by atoms with Crippen molar-refractivity contribution >= 4 is 11.9 Å². The first-order valence-corrected chi connectivity index (χ1v) is 5.76. The molecule has 96 valence electrons. The summed E-state index contributed by atoms with van der Waals surface area (Å²) in [6, 6.07) is 3.57. The predicted molar refractivity (Wildman–Crippen MR) is 63.7 cm³/mol. The number of rotatable bonds is 4. The van der Waals surface area contributed by atoms with Crippen molar-refractivity contribution in [3.63, 3.8) is 0 Å². The van der Waals surface area contributed by atoms with Gasteiger partial charge in [0.2, 0.25) is 5.91 Å². The Labute approximate surface area is 105 Å². The number of carbonyl (C=O) groups excluding carboxylic acids is 1. The highest BCUT2D eigenvalue weighted by Crippen LogP contribution is 2.12. The lowest BCUT2D eigenvalue weighted by Gasteiger charge is -2.34. The van der Waals surface area contributed by atoms with E-state index in [1.165, 1.54) is 0 Å². The fourth-order valence-corrected chi connectivity index (χ4v) is 2.04. The van der Waals surface area contributed by atoms with Gasteiger partial charge < -0.3 is 10.4 Å². The summed E-state index contributed by atoms with van der Waals surface area (Å²) in [6.07, 6.45) is 3.44. The van der Waals surface area contributed by atoms with Crippen molar-refractivity contribution in [3.05, 3.63) is 30.1 Å². The Morgan fingerprint density at radius 1 is 1.61 bits per heavy atom. The highest BCUT2D eigenvalue weighted by molar-refractivity contribution is 5.79. The number of nitrogens with zero attached hydrogens (tertiary/aromatic N) is 2. The van der Waals surface area contributed by atoms with E-state index in [1.54, 1.807) is 12.4 Å². The first-order valence-electron chi connectivity index (χ1n) is 5.76. The van der Waals surface area contributed by atoms with Gasteiger partial charge in [0.05, 0.1) is 13.0 Å². The Balaban J connectivity index is 2.05. The number of pyridine rings is 1. The minimum absolute atomic E-state index is 0.0283. The summed E-state index contributed by atoms with van der Waals surface area (Å²) in [5.74, 6) is -0.923. The van der Waals surface area contributed by atoms with E-state index in [4.69, 9.17) is 5.11 Å². The van der Waals surface area contributed by atoms with Crippen molar-refractivity contribution in [3.8, 4) is 0 Å². The number of hydrogen-bond donors (Lipinski definition) is 2. The molecule has 1 aliphatic heterocycles. The van der Waals surface area contributed by atoms with Crippen LogP contribution in [-0.4, -0.2) is 46.0 Å². The van der Waals surface area contributed by atoms with E-state index in [-0.39, 0.29) is 24.9 Å². The maximum Gasteiger partial charge on any atom is 0.305 e. The molecule has 6 nitrogen and oxygen atoms in total. The third kappa shape index (κ3) is 3.27. The van der Waals surface area contributed by atoms with Crippen LogP contribution >= 0.6 is 0 Å². The van der Waals surface area contributed by atoms with Crippen LogP contribution in [-0.2, 0) is 16.1 Å². The molecule has 1 aliphatic rings. The van der Waals surface area contributed by atoms with Gasteiger partial charge in [-0.05, 0) is 11.6 Å². The summed E-state index contributed by atoms with van der Waals surface area (Å²) in [7, 11) is 0. The van der Waals surface area contributed by atoms with E-state index in [9.17, 15) is 9.59 Å². The minimum Gasteiger partial charge on any atom is -0.481 e. The number of hydrogen-bond acceptors (Lipinski definition) is 4. The molecule has 0 radical (unpaired) electrons. The summed E-state index contributed by atoms with van der Waals surface area (Å²) in [5, 5.41) is 11.6. The summed E-state index contributed by atoms with van der Waals surface area (Å²) < 4.78 is 0. The Morgan fingerprint density at radius 2 is 2.44 bits per heavy atom. The van der Waals surface area contributed by atoms with Gasteiger partial charge in [0.25, 0.3) is 0 Å². The highest BCUT2D eigenvalue weighted by Gasteiger charge is 2.28. The Hall–Kier alpha value is -1.95. The molecule has 2 heterocycles.